The first-order valence-electron chi connectivity index (χ1n) is 7.99. The minimum Gasteiger partial charge on any atom is -0.481 e. The lowest BCUT2D eigenvalue weighted by Crippen LogP contribution is -2.31. The molecule has 2 rings (SSSR count). The maximum Gasteiger partial charge on any atom is 0.265 e. The molecule has 128 valence electrons. The summed E-state index contributed by atoms with van der Waals surface area (Å²) in [6.45, 7) is 5.78. The topological polar surface area (TPSA) is 38.3 Å². The zero-order chi connectivity index (χ0) is 17.7. The van der Waals surface area contributed by atoms with Crippen molar-refractivity contribution in [1.82, 2.24) is 0 Å². The summed E-state index contributed by atoms with van der Waals surface area (Å²) in [5, 5.41) is 4.27. The summed E-state index contributed by atoms with van der Waals surface area (Å²) in [5.74, 6) is 0.385. The quantitative estimate of drug-likeness (QED) is 0.731. The number of benzene rings is 2. The van der Waals surface area contributed by atoms with Crippen molar-refractivity contribution in [3.8, 4) is 5.75 Å². The number of hydrogen-bond acceptors (Lipinski definition) is 2. The molecule has 0 radical (unpaired) electrons. The molecule has 0 aliphatic carbocycles. The Kier molecular flexibility index (Phi) is 6.52. The second-order valence-electron chi connectivity index (χ2n) is 5.47. The molecule has 0 spiro atoms. The highest BCUT2D eigenvalue weighted by Gasteiger charge is 2.19. The predicted octanol–water partition coefficient (Wildman–Crippen LogP) is 5.52. The number of ether oxygens (including phenoxy) is 1. The summed E-state index contributed by atoms with van der Waals surface area (Å²) in [6, 6.07) is 10.7. The third-order valence-electron chi connectivity index (χ3n) is 3.82. The number of nitrogens with one attached hydrogen (secondary N) is 1. The number of halogens is 2. The van der Waals surface area contributed by atoms with Gasteiger partial charge in [-0.25, -0.2) is 0 Å². The van der Waals surface area contributed by atoms with E-state index in [-0.39, 0.29) is 5.91 Å². The number of hydrogen-bond donors (Lipinski definition) is 1. The van der Waals surface area contributed by atoms with Crippen LogP contribution in [0, 0.1) is 0 Å². The van der Waals surface area contributed by atoms with Crippen molar-refractivity contribution < 1.29 is 9.53 Å². The molecular formula is C19H21Cl2NO2. The van der Waals surface area contributed by atoms with Crippen LogP contribution in [0.4, 0.5) is 5.69 Å². The highest BCUT2D eigenvalue weighted by atomic mass is 35.5. The van der Waals surface area contributed by atoms with Gasteiger partial charge in [0.2, 0.25) is 0 Å². The first-order valence-corrected chi connectivity index (χ1v) is 8.75. The zero-order valence-electron chi connectivity index (χ0n) is 14.0. The minimum absolute atomic E-state index is 0.211. The Hall–Kier alpha value is -1.71. The molecule has 3 nitrogen and oxygen atoms in total. The second kappa shape index (κ2) is 8.41. The molecule has 0 aromatic heterocycles. The average molecular weight is 366 g/mol. The Labute approximate surface area is 152 Å². The molecule has 0 unspecified atom stereocenters. The number of aryl methyl sites for hydroxylation is 1. The Morgan fingerprint density at radius 2 is 1.75 bits per heavy atom. The molecule has 2 aromatic rings. The molecule has 0 bridgehead atoms. The number of carbonyl (C=O) groups excluding carboxylic acids is 1. The van der Waals surface area contributed by atoms with Crippen molar-refractivity contribution in [3.05, 3.63) is 57.6 Å². The lowest BCUT2D eigenvalue weighted by molar-refractivity contribution is -0.122. The Bertz CT molecular complexity index is 714. The SMILES string of the molecule is CCc1ccc(Cl)c(CC)c1NC(=O)[C@H](C)Oc1ccc(Cl)cc1. The molecule has 0 heterocycles. The van der Waals surface area contributed by atoms with Crippen molar-refractivity contribution >= 4 is 34.8 Å². The van der Waals surface area contributed by atoms with Crippen molar-refractivity contribution in [2.75, 3.05) is 5.32 Å². The first-order chi connectivity index (χ1) is 11.5. The first kappa shape index (κ1) is 18.6. The van der Waals surface area contributed by atoms with Gasteiger partial charge in [0, 0.05) is 15.7 Å². The number of anilines is 1. The van der Waals surface area contributed by atoms with E-state index in [1.807, 2.05) is 26.0 Å². The van der Waals surface area contributed by atoms with Crippen LogP contribution in [0.15, 0.2) is 36.4 Å². The van der Waals surface area contributed by atoms with Gasteiger partial charge in [-0.3, -0.25) is 4.79 Å². The highest BCUT2D eigenvalue weighted by Crippen LogP contribution is 2.29. The van der Waals surface area contributed by atoms with Crippen LogP contribution in [-0.2, 0) is 17.6 Å². The maximum atomic E-state index is 12.5. The van der Waals surface area contributed by atoms with Crippen molar-refractivity contribution in [3.63, 3.8) is 0 Å². The van der Waals surface area contributed by atoms with Crippen LogP contribution in [0.25, 0.3) is 0 Å². The summed E-state index contributed by atoms with van der Waals surface area (Å²) in [6.07, 6.45) is 0.917. The van der Waals surface area contributed by atoms with Gasteiger partial charge in [-0.05, 0) is 61.2 Å². The smallest absolute Gasteiger partial charge is 0.265 e. The van der Waals surface area contributed by atoms with E-state index in [0.29, 0.717) is 15.8 Å². The molecule has 0 saturated heterocycles. The number of carbonyl (C=O) groups is 1. The van der Waals surface area contributed by atoms with Crippen LogP contribution in [0.1, 0.15) is 31.9 Å². The zero-order valence-corrected chi connectivity index (χ0v) is 15.5. The maximum absolute atomic E-state index is 12.5. The van der Waals surface area contributed by atoms with E-state index in [2.05, 4.69) is 5.32 Å². The molecule has 0 fully saturated rings. The van der Waals surface area contributed by atoms with Crippen LogP contribution < -0.4 is 10.1 Å². The van der Waals surface area contributed by atoms with Crippen LogP contribution >= 0.6 is 23.2 Å². The van der Waals surface area contributed by atoms with Gasteiger partial charge >= 0.3 is 0 Å². The van der Waals surface area contributed by atoms with Gasteiger partial charge in [-0.15, -0.1) is 0 Å². The third kappa shape index (κ3) is 4.43. The average Bonchev–Trinajstić information content (AvgIpc) is 2.57. The van der Waals surface area contributed by atoms with Crippen LogP contribution in [0.5, 0.6) is 5.75 Å². The van der Waals surface area contributed by atoms with Crippen LogP contribution in [-0.4, -0.2) is 12.0 Å². The van der Waals surface area contributed by atoms with Crippen molar-refractivity contribution in [2.45, 2.75) is 39.7 Å². The number of rotatable bonds is 6. The van der Waals surface area contributed by atoms with E-state index in [4.69, 9.17) is 27.9 Å². The lowest BCUT2D eigenvalue weighted by Gasteiger charge is -2.19. The number of amides is 1. The highest BCUT2D eigenvalue weighted by molar-refractivity contribution is 6.32. The van der Waals surface area contributed by atoms with Gasteiger partial charge < -0.3 is 10.1 Å². The summed E-state index contributed by atoms with van der Waals surface area (Å²) < 4.78 is 5.68. The molecule has 5 heteroatoms. The molecule has 24 heavy (non-hydrogen) atoms. The van der Waals surface area contributed by atoms with Gasteiger partial charge in [0.15, 0.2) is 6.10 Å². The molecule has 0 saturated carbocycles. The predicted molar refractivity (Wildman–Crippen MR) is 100 cm³/mol. The van der Waals surface area contributed by atoms with E-state index in [1.165, 1.54) is 0 Å². The van der Waals surface area contributed by atoms with E-state index >= 15 is 0 Å². The molecule has 2 aromatic carbocycles. The molecule has 1 atom stereocenters. The fraction of sp³-hybridized carbons (Fsp3) is 0.316. The fourth-order valence-electron chi connectivity index (χ4n) is 2.46. The summed E-state index contributed by atoms with van der Waals surface area (Å²) in [7, 11) is 0. The molecule has 0 aliphatic heterocycles. The summed E-state index contributed by atoms with van der Waals surface area (Å²) in [5.41, 5.74) is 2.80. The van der Waals surface area contributed by atoms with Crippen molar-refractivity contribution in [1.29, 1.82) is 0 Å². The molecular weight excluding hydrogens is 345 g/mol. The Morgan fingerprint density at radius 3 is 2.33 bits per heavy atom. The molecule has 1 N–H and O–H groups in total. The molecule has 0 aliphatic rings. The van der Waals surface area contributed by atoms with E-state index in [9.17, 15) is 4.79 Å². The standard InChI is InChI=1S/C19H21Cl2NO2/c1-4-13-6-11-17(21)16(5-2)18(13)22-19(23)12(3)24-15-9-7-14(20)8-10-15/h6-12H,4-5H2,1-3H3,(H,22,23)/t12-/m0/s1. The van der Waals surface area contributed by atoms with E-state index in [1.54, 1.807) is 31.2 Å². The largest absolute Gasteiger partial charge is 0.481 e. The van der Waals surface area contributed by atoms with Gasteiger partial charge in [0.05, 0.1) is 0 Å². The lowest BCUT2D eigenvalue weighted by atomic mass is 10.0. The molecule has 1 amide bonds. The Balaban J connectivity index is 2.16. The Morgan fingerprint density at radius 1 is 1.08 bits per heavy atom. The van der Waals surface area contributed by atoms with Gasteiger partial charge in [0.1, 0.15) is 5.75 Å². The second-order valence-corrected chi connectivity index (χ2v) is 6.31. The van der Waals surface area contributed by atoms with Crippen molar-refractivity contribution in [2.24, 2.45) is 0 Å². The minimum atomic E-state index is -0.639. The monoisotopic (exact) mass is 365 g/mol. The van der Waals surface area contributed by atoms with Crippen LogP contribution in [0.2, 0.25) is 10.0 Å². The van der Waals surface area contributed by atoms with Crippen LogP contribution in [0.3, 0.4) is 0 Å². The van der Waals surface area contributed by atoms with Gasteiger partial charge in [0.25, 0.3) is 5.91 Å². The third-order valence-corrected chi connectivity index (χ3v) is 4.43. The van der Waals surface area contributed by atoms with Gasteiger partial charge in [-0.2, -0.15) is 0 Å². The fourth-order valence-corrected chi connectivity index (χ4v) is 2.88. The normalized spacial score (nSPS) is 11.9. The van der Waals surface area contributed by atoms with E-state index in [0.717, 1.165) is 29.7 Å². The van der Waals surface area contributed by atoms with Gasteiger partial charge in [-0.1, -0.05) is 43.1 Å². The summed E-state index contributed by atoms with van der Waals surface area (Å²) >= 11 is 12.1. The summed E-state index contributed by atoms with van der Waals surface area (Å²) in [4.78, 5) is 12.5. The van der Waals surface area contributed by atoms with E-state index < -0.39 is 6.10 Å².